The van der Waals surface area contributed by atoms with E-state index in [9.17, 15) is 0 Å². The Morgan fingerprint density at radius 3 is 0.760 bits per heavy atom. The van der Waals surface area contributed by atoms with Gasteiger partial charge in [0.1, 0.15) is 0 Å². The van der Waals surface area contributed by atoms with Gasteiger partial charge >= 0.3 is 15.4 Å². The first-order chi connectivity index (χ1) is 12.3. The molecular formula is C20H44B2O3. The molecule has 5 heteroatoms. The third-order valence-electron chi connectivity index (χ3n) is 4.58. The van der Waals surface area contributed by atoms with Gasteiger partial charge in [0, 0.05) is 0 Å². The van der Waals surface area contributed by atoms with Gasteiger partial charge in [0.25, 0.3) is 0 Å². The van der Waals surface area contributed by atoms with E-state index in [2.05, 4.69) is 18.4 Å². The van der Waals surface area contributed by atoms with Crippen LogP contribution in [0.4, 0.5) is 0 Å². The van der Waals surface area contributed by atoms with Crippen molar-refractivity contribution in [2.24, 2.45) is 0 Å². The number of rotatable bonds is 19. The Morgan fingerprint density at radius 2 is 0.640 bits per heavy atom. The van der Waals surface area contributed by atoms with E-state index in [0.717, 1.165) is 0 Å². The zero-order chi connectivity index (χ0) is 18.8. The van der Waals surface area contributed by atoms with Crippen LogP contribution in [-0.2, 0) is 4.57 Å². The van der Waals surface area contributed by atoms with Gasteiger partial charge in [-0.05, 0) is 0 Å². The van der Waals surface area contributed by atoms with Crippen molar-refractivity contribution in [2.75, 3.05) is 0 Å². The summed E-state index contributed by atoms with van der Waals surface area (Å²) in [6, 6.07) is 0. The van der Waals surface area contributed by atoms with Crippen LogP contribution in [0.5, 0.6) is 0 Å². The maximum Gasteiger partial charge on any atom is 0.469 e. The lowest BCUT2D eigenvalue weighted by molar-refractivity contribution is 0.408. The maximum atomic E-state index is 7.53. The Morgan fingerprint density at radius 1 is 0.440 bits per heavy atom. The minimum atomic E-state index is 0.375. The molecule has 2 N–H and O–H groups in total. The van der Waals surface area contributed by atoms with Gasteiger partial charge in [0.05, 0.1) is 0 Å². The summed E-state index contributed by atoms with van der Waals surface area (Å²) in [5, 5.41) is 15.1. The Labute approximate surface area is 159 Å². The van der Waals surface area contributed by atoms with E-state index in [0.29, 0.717) is 15.4 Å². The van der Waals surface area contributed by atoms with E-state index in [1.54, 1.807) is 0 Å². The molecule has 25 heavy (non-hydrogen) atoms. The molecular weight excluding hydrogens is 310 g/mol. The van der Waals surface area contributed by atoms with Gasteiger partial charge in [-0.2, -0.15) is 0 Å². The zero-order valence-electron chi connectivity index (χ0n) is 17.2. The molecule has 0 aromatic heterocycles. The van der Waals surface area contributed by atoms with Gasteiger partial charge in [-0.15, -0.1) is 0 Å². The van der Waals surface area contributed by atoms with Gasteiger partial charge in [-0.1, -0.05) is 129 Å². The molecule has 2 radical (unpaired) electrons. The minimum absolute atomic E-state index is 0.375. The minimum Gasteiger partial charge on any atom is -0.456 e. The van der Waals surface area contributed by atoms with E-state index in [1.165, 1.54) is 116 Å². The molecule has 0 aliphatic rings. The smallest absolute Gasteiger partial charge is 0.456 e. The summed E-state index contributed by atoms with van der Waals surface area (Å²) in [6.07, 6.45) is 26.4. The van der Waals surface area contributed by atoms with E-state index >= 15 is 0 Å². The highest BCUT2D eigenvalue weighted by Gasteiger charge is 1.94. The molecule has 0 heterocycles. The van der Waals surface area contributed by atoms with Crippen LogP contribution >= 0.6 is 0 Å². The van der Waals surface area contributed by atoms with Crippen LogP contribution in [-0.4, -0.2) is 25.4 Å². The topological polar surface area (TPSA) is 49.7 Å². The second kappa shape index (κ2) is 28.8. The van der Waals surface area contributed by atoms with Crippen molar-refractivity contribution in [3.05, 3.63) is 0 Å². The fourth-order valence-electron chi connectivity index (χ4n) is 3.00. The van der Waals surface area contributed by atoms with Crippen LogP contribution in [0.2, 0.25) is 0 Å². The second-order valence-electron chi connectivity index (χ2n) is 7.00. The van der Waals surface area contributed by atoms with Crippen molar-refractivity contribution < 1.29 is 14.6 Å². The standard InChI is InChI=1S/C20H42.B2H2O3/c1-3-5-7-9-11-13-15-17-19-20-18-16-14-12-10-8-6-4-2;3-1-5-2-4/h3-20H2,1-2H3;3-4H. The summed E-state index contributed by atoms with van der Waals surface area (Å²) in [5.41, 5.74) is 0. The van der Waals surface area contributed by atoms with Crippen molar-refractivity contribution >= 4 is 15.4 Å². The Balaban J connectivity index is 0. The lowest BCUT2D eigenvalue weighted by Crippen LogP contribution is -2.00. The summed E-state index contributed by atoms with van der Waals surface area (Å²) < 4.78 is 3.69. The van der Waals surface area contributed by atoms with Gasteiger partial charge in [0.2, 0.25) is 0 Å². The SMILES string of the molecule is CCCCCCCCCCCCCCCCCCCC.O[B]O[B]O. The third kappa shape index (κ3) is 32.2. The van der Waals surface area contributed by atoms with Crippen molar-refractivity contribution in [1.82, 2.24) is 0 Å². The monoisotopic (exact) mass is 354 g/mol. The summed E-state index contributed by atoms with van der Waals surface area (Å²) in [6.45, 7) is 4.59. The summed E-state index contributed by atoms with van der Waals surface area (Å²) >= 11 is 0. The van der Waals surface area contributed by atoms with E-state index in [1.807, 2.05) is 0 Å². The predicted molar refractivity (Wildman–Crippen MR) is 111 cm³/mol. The van der Waals surface area contributed by atoms with Crippen LogP contribution in [0.25, 0.3) is 0 Å². The van der Waals surface area contributed by atoms with Crippen molar-refractivity contribution in [3.8, 4) is 0 Å². The molecule has 0 atom stereocenters. The maximum absolute atomic E-state index is 7.53. The average molecular weight is 354 g/mol. The van der Waals surface area contributed by atoms with Crippen molar-refractivity contribution in [1.29, 1.82) is 0 Å². The van der Waals surface area contributed by atoms with Crippen LogP contribution in [0, 0.1) is 0 Å². The van der Waals surface area contributed by atoms with Crippen LogP contribution in [0.3, 0.4) is 0 Å². The molecule has 0 bridgehead atoms. The summed E-state index contributed by atoms with van der Waals surface area (Å²) in [5.74, 6) is 0. The number of unbranched alkanes of at least 4 members (excludes halogenated alkanes) is 17. The average Bonchev–Trinajstić information content (AvgIpc) is 2.62. The molecule has 0 saturated heterocycles. The summed E-state index contributed by atoms with van der Waals surface area (Å²) in [4.78, 5) is 0. The van der Waals surface area contributed by atoms with E-state index in [4.69, 9.17) is 10.0 Å². The fraction of sp³-hybridized carbons (Fsp3) is 1.00. The quantitative estimate of drug-likeness (QED) is 0.218. The molecule has 0 spiro atoms. The highest BCUT2D eigenvalue weighted by atomic mass is 16.5. The van der Waals surface area contributed by atoms with E-state index in [-0.39, 0.29) is 0 Å². The van der Waals surface area contributed by atoms with Crippen molar-refractivity contribution in [3.63, 3.8) is 0 Å². The molecule has 0 fully saturated rings. The van der Waals surface area contributed by atoms with Crippen LogP contribution in [0.15, 0.2) is 0 Å². The highest BCUT2D eigenvalue weighted by molar-refractivity contribution is 6.32. The molecule has 0 rings (SSSR count). The van der Waals surface area contributed by atoms with Gasteiger partial charge < -0.3 is 14.6 Å². The molecule has 0 amide bonds. The van der Waals surface area contributed by atoms with Gasteiger partial charge in [-0.3, -0.25) is 0 Å². The van der Waals surface area contributed by atoms with Crippen molar-refractivity contribution in [2.45, 2.75) is 129 Å². The van der Waals surface area contributed by atoms with Gasteiger partial charge in [0.15, 0.2) is 0 Å². The molecule has 0 aromatic rings. The zero-order valence-corrected chi connectivity index (χ0v) is 17.2. The molecule has 0 aromatic carbocycles. The first-order valence-corrected chi connectivity index (χ1v) is 10.9. The normalized spacial score (nSPS) is 10.2. The highest BCUT2D eigenvalue weighted by Crippen LogP contribution is 2.14. The van der Waals surface area contributed by atoms with Gasteiger partial charge in [-0.25, -0.2) is 0 Å². The first-order valence-electron chi connectivity index (χ1n) is 10.9. The van der Waals surface area contributed by atoms with E-state index < -0.39 is 0 Å². The van der Waals surface area contributed by atoms with Crippen LogP contribution in [0.1, 0.15) is 129 Å². The Bertz CT molecular complexity index is 187. The Kier molecular flexibility index (Phi) is 31.4. The molecule has 0 saturated carbocycles. The lowest BCUT2D eigenvalue weighted by Gasteiger charge is -2.03. The lowest BCUT2D eigenvalue weighted by atomic mass is 10.0. The Hall–Kier alpha value is 0.00987. The molecule has 148 valence electrons. The largest absolute Gasteiger partial charge is 0.469 e. The summed E-state index contributed by atoms with van der Waals surface area (Å²) in [7, 11) is 0.750. The third-order valence-corrected chi connectivity index (χ3v) is 4.58. The number of hydrogen-bond acceptors (Lipinski definition) is 3. The molecule has 3 nitrogen and oxygen atoms in total. The fourth-order valence-corrected chi connectivity index (χ4v) is 3.00. The first kappa shape index (κ1) is 27.2. The molecule has 0 unspecified atom stereocenters. The predicted octanol–water partition coefficient (Wildman–Crippen LogP) is 6.10. The second-order valence-corrected chi connectivity index (χ2v) is 7.00. The molecule has 0 aliphatic heterocycles. The molecule has 0 aliphatic carbocycles. The van der Waals surface area contributed by atoms with Crippen LogP contribution < -0.4 is 0 Å². The number of hydrogen-bond donors (Lipinski definition) is 2.